The van der Waals surface area contributed by atoms with Crippen molar-refractivity contribution in [2.45, 2.75) is 16.9 Å². The molecule has 1 unspecified atom stereocenters. The summed E-state index contributed by atoms with van der Waals surface area (Å²) in [6, 6.07) is 12.8. The van der Waals surface area contributed by atoms with Gasteiger partial charge >= 0.3 is 5.97 Å². The Morgan fingerprint density at radius 1 is 0.964 bits per heavy atom. The summed E-state index contributed by atoms with van der Waals surface area (Å²) in [6.07, 6.45) is -1.12. The first kappa shape index (κ1) is 22.2. The molecule has 0 aliphatic carbocycles. The summed E-state index contributed by atoms with van der Waals surface area (Å²) in [5, 5.41) is 17.1. The maximum Gasteiger partial charge on any atom is 0.335 e. The van der Waals surface area contributed by atoms with Gasteiger partial charge in [-0.2, -0.15) is 0 Å². The van der Waals surface area contributed by atoms with Gasteiger partial charge in [0.1, 0.15) is 6.17 Å². The minimum Gasteiger partial charge on any atom is -0.478 e. The largest absolute Gasteiger partial charge is 0.478 e. The van der Waals surface area contributed by atoms with E-state index in [0.29, 0.717) is 11.3 Å². The number of rotatable bonds is 5. The molecule has 0 saturated heterocycles. The molecule has 0 fully saturated rings. The minimum atomic E-state index is -1.89. The lowest BCUT2D eigenvalue weighted by atomic mass is 10.1. The van der Waals surface area contributed by atoms with Gasteiger partial charge in [0, 0.05) is 11.3 Å². The van der Waals surface area contributed by atoms with Crippen molar-refractivity contribution in [2.75, 3.05) is 5.32 Å². The van der Waals surface area contributed by atoms with E-state index in [-0.39, 0.29) is 10.7 Å². The number of aromatic carboxylic acids is 1. The van der Waals surface area contributed by atoms with E-state index < -0.39 is 21.8 Å². The monoisotopic (exact) mass is 459 g/mol. The summed E-state index contributed by atoms with van der Waals surface area (Å²) >= 11 is 23.1. The van der Waals surface area contributed by atoms with Gasteiger partial charge in [0.15, 0.2) is 5.11 Å². The second-order valence-electron chi connectivity index (χ2n) is 5.80. The second-order valence-corrected chi connectivity index (χ2v) is 8.57. The van der Waals surface area contributed by atoms with E-state index in [0.717, 1.165) is 5.56 Å². The molecule has 0 aliphatic rings. The van der Waals surface area contributed by atoms with Crippen molar-refractivity contribution in [2.24, 2.45) is 0 Å². The van der Waals surface area contributed by atoms with Crippen LogP contribution in [0.2, 0.25) is 0 Å². The Bertz CT molecular complexity index is 868. The molecule has 2 rings (SSSR count). The Morgan fingerprint density at radius 2 is 1.50 bits per heavy atom. The highest BCUT2D eigenvalue weighted by molar-refractivity contribution is 7.80. The summed E-state index contributed by atoms with van der Waals surface area (Å²) in [4.78, 5) is 23.3. The van der Waals surface area contributed by atoms with Gasteiger partial charge in [-0.25, -0.2) is 4.79 Å². The number of carboxylic acids is 1. The highest BCUT2D eigenvalue weighted by Gasteiger charge is 2.34. The molecule has 28 heavy (non-hydrogen) atoms. The molecule has 6 nitrogen and oxygen atoms in total. The first-order chi connectivity index (χ1) is 13.1. The lowest BCUT2D eigenvalue weighted by molar-refractivity contribution is 0.0696. The number of aryl methyl sites for hydroxylation is 1. The van der Waals surface area contributed by atoms with E-state index in [9.17, 15) is 9.59 Å². The number of halogens is 3. The normalized spacial score (nSPS) is 12.0. The Morgan fingerprint density at radius 3 is 2.00 bits per heavy atom. The molecule has 2 aromatic rings. The maximum absolute atomic E-state index is 12.4. The number of carbonyl (C=O) groups excluding carboxylic acids is 1. The number of hydrogen-bond acceptors (Lipinski definition) is 3. The van der Waals surface area contributed by atoms with E-state index in [1.165, 1.54) is 24.3 Å². The van der Waals surface area contributed by atoms with Gasteiger partial charge in [0.25, 0.3) is 5.91 Å². The van der Waals surface area contributed by atoms with Crippen molar-refractivity contribution >= 4 is 69.7 Å². The van der Waals surface area contributed by atoms with Crippen LogP contribution >= 0.6 is 47.0 Å². The van der Waals surface area contributed by atoms with Gasteiger partial charge in [-0.3, -0.25) is 4.79 Å². The molecule has 2 aromatic carbocycles. The van der Waals surface area contributed by atoms with Crippen LogP contribution in [0.25, 0.3) is 0 Å². The van der Waals surface area contributed by atoms with Gasteiger partial charge in [-0.1, -0.05) is 52.5 Å². The molecular formula is C18H16Cl3N3O3S. The summed E-state index contributed by atoms with van der Waals surface area (Å²) in [6.45, 7) is 1.90. The Hall–Kier alpha value is -2.06. The van der Waals surface area contributed by atoms with Gasteiger partial charge in [0.05, 0.1) is 5.56 Å². The van der Waals surface area contributed by atoms with Crippen molar-refractivity contribution in [3.05, 3.63) is 65.2 Å². The topological polar surface area (TPSA) is 90.5 Å². The molecular weight excluding hydrogens is 445 g/mol. The molecule has 0 aliphatic heterocycles. The van der Waals surface area contributed by atoms with E-state index >= 15 is 0 Å². The van der Waals surface area contributed by atoms with Crippen LogP contribution in [-0.4, -0.2) is 32.1 Å². The van der Waals surface area contributed by atoms with Crippen LogP contribution in [0.15, 0.2) is 48.5 Å². The van der Waals surface area contributed by atoms with Crippen molar-refractivity contribution < 1.29 is 14.7 Å². The average molecular weight is 461 g/mol. The third-order valence-electron chi connectivity index (χ3n) is 3.58. The highest BCUT2D eigenvalue weighted by atomic mass is 35.6. The summed E-state index contributed by atoms with van der Waals surface area (Å²) in [5.74, 6) is -1.49. The number of thiocarbonyl (C=S) groups is 1. The van der Waals surface area contributed by atoms with Crippen molar-refractivity contribution in [1.82, 2.24) is 10.6 Å². The Labute approximate surface area is 182 Å². The molecule has 0 radical (unpaired) electrons. The zero-order valence-corrected chi connectivity index (χ0v) is 17.6. The number of anilines is 1. The first-order valence-corrected chi connectivity index (χ1v) is 9.45. The fourth-order valence-corrected chi connectivity index (χ4v) is 2.68. The standard InChI is InChI=1S/C18H16Cl3N3O3S/c1-10-2-4-11(5-3-10)14(25)23-16(18(19,20)21)24-17(28)22-13-8-6-12(7-9-13)15(26)27/h2-9,16H,1H3,(H,23,25)(H,26,27)(H2,22,24,28). The third kappa shape index (κ3) is 6.53. The third-order valence-corrected chi connectivity index (χ3v) is 4.46. The number of carbonyl (C=O) groups is 2. The van der Waals surface area contributed by atoms with E-state index in [1.54, 1.807) is 24.3 Å². The summed E-state index contributed by atoms with van der Waals surface area (Å²) in [7, 11) is 0. The fraction of sp³-hybridized carbons (Fsp3) is 0.167. The quantitative estimate of drug-likeness (QED) is 0.305. The van der Waals surface area contributed by atoms with Gasteiger partial charge in [-0.05, 0) is 55.5 Å². The van der Waals surface area contributed by atoms with Crippen molar-refractivity contribution in [3.63, 3.8) is 0 Å². The molecule has 0 saturated carbocycles. The van der Waals surface area contributed by atoms with Crippen molar-refractivity contribution in [1.29, 1.82) is 0 Å². The first-order valence-electron chi connectivity index (χ1n) is 7.91. The van der Waals surface area contributed by atoms with Crippen LogP contribution in [0.4, 0.5) is 5.69 Å². The zero-order chi connectivity index (χ0) is 20.9. The predicted octanol–water partition coefficient (Wildman–Crippen LogP) is 4.11. The zero-order valence-electron chi connectivity index (χ0n) is 14.5. The average Bonchev–Trinajstić information content (AvgIpc) is 2.61. The van der Waals surface area contributed by atoms with Crippen molar-refractivity contribution in [3.8, 4) is 0 Å². The Balaban J connectivity index is 2.04. The molecule has 10 heteroatoms. The fourth-order valence-electron chi connectivity index (χ4n) is 2.11. The van der Waals surface area contributed by atoms with Crippen LogP contribution in [0.5, 0.6) is 0 Å². The number of carboxylic acid groups (broad SMARTS) is 1. The van der Waals surface area contributed by atoms with Crippen LogP contribution in [0.3, 0.4) is 0 Å². The molecule has 0 spiro atoms. The molecule has 1 atom stereocenters. The van der Waals surface area contributed by atoms with E-state index in [1.807, 2.05) is 6.92 Å². The Kier molecular flexibility index (Phi) is 7.48. The maximum atomic E-state index is 12.4. The number of hydrogen-bond donors (Lipinski definition) is 4. The molecule has 0 heterocycles. The second kappa shape index (κ2) is 9.43. The predicted molar refractivity (Wildman–Crippen MR) is 115 cm³/mol. The van der Waals surface area contributed by atoms with Crippen LogP contribution in [-0.2, 0) is 0 Å². The number of benzene rings is 2. The minimum absolute atomic E-state index is 0.0728. The number of amides is 1. The van der Waals surface area contributed by atoms with Crippen LogP contribution < -0.4 is 16.0 Å². The van der Waals surface area contributed by atoms with Gasteiger partial charge in [0.2, 0.25) is 3.79 Å². The van der Waals surface area contributed by atoms with Crippen LogP contribution in [0, 0.1) is 6.92 Å². The molecule has 0 bridgehead atoms. The molecule has 148 valence electrons. The van der Waals surface area contributed by atoms with E-state index in [2.05, 4.69) is 16.0 Å². The van der Waals surface area contributed by atoms with Gasteiger partial charge < -0.3 is 21.1 Å². The molecule has 0 aromatic heterocycles. The highest BCUT2D eigenvalue weighted by Crippen LogP contribution is 2.29. The summed E-state index contributed by atoms with van der Waals surface area (Å²) < 4.78 is -1.89. The SMILES string of the molecule is Cc1ccc(C(=O)NC(NC(=S)Nc2ccc(C(=O)O)cc2)C(Cl)(Cl)Cl)cc1. The lowest BCUT2D eigenvalue weighted by Gasteiger charge is -2.27. The van der Waals surface area contributed by atoms with Crippen LogP contribution in [0.1, 0.15) is 26.3 Å². The molecule has 1 amide bonds. The summed E-state index contributed by atoms with van der Waals surface area (Å²) in [5.41, 5.74) is 2.06. The number of nitrogens with one attached hydrogen (secondary N) is 3. The smallest absolute Gasteiger partial charge is 0.335 e. The number of alkyl halides is 3. The van der Waals surface area contributed by atoms with Gasteiger partial charge in [-0.15, -0.1) is 0 Å². The lowest BCUT2D eigenvalue weighted by Crippen LogP contribution is -2.56. The van der Waals surface area contributed by atoms with E-state index in [4.69, 9.17) is 52.1 Å². The molecule has 4 N–H and O–H groups in total.